The number of aromatic carboxylic acids is 1. The van der Waals surface area contributed by atoms with Crippen LogP contribution in [0.1, 0.15) is 164 Å². The van der Waals surface area contributed by atoms with E-state index < -0.39 is 5.97 Å². The van der Waals surface area contributed by atoms with Crippen molar-refractivity contribution in [3.05, 3.63) is 28.8 Å². The van der Waals surface area contributed by atoms with Crippen LogP contribution in [0.3, 0.4) is 0 Å². The van der Waals surface area contributed by atoms with Crippen LogP contribution in [0.2, 0.25) is 0 Å². The first kappa shape index (κ1) is 31.7. The van der Waals surface area contributed by atoms with Gasteiger partial charge in [0, 0.05) is 5.56 Å². The molecule has 0 aromatic heterocycles. The molecule has 0 spiro atoms. The Morgan fingerprint density at radius 3 is 1.43 bits per heavy atom. The lowest BCUT2D eigenvalue weighted by Gasteiger charge is -2.16. The Hall–Kier alpha value is -1.35. The summed E-state index contributed by atoms with van der Waals surface area (Å²) in [5, 5.41) is 13.7. The van der Waals surface area contributed by atoms with Crippen LogP contribution in [0.25, 0.3) is 0 Å². The number of carbonyl (C=O) groups excluding carboxylic acids is 1. The number of nitrogens with two attached hydrogens (primary N) is 1. The van der Waals surface area contributed by atoms with Crippen molar-refractivity contribution in [2.24, 2.45) is 0 Å². The van der Waals surface area contributed by atoms with E-state index in [1.165, 1.54) is 133 Å². The van der Waals surface area contributed by atoms with Crippen molar-refractivity contribution < 1.29 is 15.2 Å². The average molecular weight is 488 g/mol. The predicted molar refractivity (Wildman–Crippen MR) is 149 cm³/mol. The normalized spacial score (nSPS) is 11.3. The first-order valence-corrected chi connectivity index (χ1v) is 15.3. The van der Waals surface area contributed by atoms with Gasteiger partial charge in [0.15, 0.2) is 0 Å². The molecule has 0 aliphatic heterocycles. The monoisotopic (exact) mass is 487 g/mol. The topological polar surface area (TPSA) is 56.7 Å². The smallest absolute Gasteiger partial charge is 0.142 e. The maximum absolute atomic E-state index is 11.7. The highest BCUT2D eigenvalue weighted by Gasteiger charge is 2.16. The molecule has 1 aromatic carbocycles. The minimum absolute atomic E-state index is 0.362. The Balaban J connectivity index is 2.44. The molecule has 202 valence electrons. The van der Waals surface area contributed by atoms with Crippen LogP contribution in [-0.2, 0) is 12.8 Å². The van der Waals surface area contributed by atoms with Crippen LogP contribution in [0.5, 0.6) is 0 Å². The minimum Gasteiger partial charge on any atom is -0.545 e. The molecule has 2 N–H and O–H groups in total. The summed E-state index contributed by atoms with van der Waals surface area (Å²) in [6.07, 6.45) is 28.7. The third-order valence-corrected chi connectivity index (χ3v) is 7.54. The predicted octanol–water partition coefficient (Wildman–Crippen LogP) is 7.80. The molecule has 0 bridgehead atoms. The van der Waals surface area contributed by atoms with E-state index in [0.717, 1.165) is 24.9 Å². The fourth-order valence-electron chi connectivity index (χ4n) is 5.34. The molecule has 3 nitrogen and oxygen atoms in total. The molecule has 0 aliphatic rings. The maximum atomic E-state index is 11.7. The van der Waals surface area contributed by atoms with E-state index in [0.29, 0.717) is 5.56 Å². The van der Waals surface area contributed by atoms with E-state index in [1.54, 1.807) is 6.07 Å². The summed E-state index contributed by atoms with van der Waals surface area (Å²) in [5.41, 5.74) is 3.90. The van der Waals surface area contributed by atoms with E-state index in [-0.39, 0.29) is 0 Å². The quantitative estimate of drug-likeness (QED) is 0.119. The fraction of sp³-hybridized carbons (Fsp3) is 0.781. The summed E-state index contributed by atoms with van der Waals surface area (Å²) in [6.45, 7) is 4.55. The lowest BCUT2D eigenvalue weighted by Crippen LogP contribution is -2.74. The Morgan fingerprint density at radius 2 is 1.03 bits per heavy atom. The van der Waals surface area contributed by atoms with E-state index in [9.17, 15) is 9.90 Å². The van der Waals surface area contributed by atoms with E-state index in [2.05, 4.69) is 19.9 Å². The third kappa shape index (κ3) is 14.7. The van der Waals surface area contributed by atoms with Crippen molar-refractivity contribution in [2.45, 2.75) is 155 Å². The first-order valence-electron chi connectivity index (χ1n) is 15.3. The van der Waals surface area contributed by atoms with Gasteiger partial charge in [0.05, 0.1) is 18.6 Å². The van der Waals surface area contributed by atoms with Gasteiger partial charge in [-0.1, -0.05) is 135 Å². The SMILES string of the molecule is CCCCCCCCCCCCc1ccc(C(=O)[O-])c([NH2+]C)c1CCCCCCCCCCCC. The van der Waals surface area contributed by atoms with Crippen LogP contribution in [0, 0.1) is 0 Å². The second kappa shape index (κ2) is 21.9. The lowest BCUT2D eigenvalue weighted by atomic mass is 9.92. The van der Waals surface area contributed by atoms with Gasteiger partial charge < -0.3 is 15.2 Å². The number of benzene rings is 1. The maximum Gasteiger partial charge on any atom is 0.142 e. The van der Waals surface area contributed by atoms with Crippen molar-refractivity contribution in [3.63, 3.8) is 0 Å². The summed E-state index contributed by atoms with van der Waals surface area (Å²) in [7, 11) is 1.97. The van der Waals surface area contributed by atoms with Crippen molar-refractivity contribution in [2.75, 3.05) is 7.05 Å². The number of rotatable bonds is 24. The van der Waals surface area contributed by atoms with Gasteiger partial charge in [0.1, 0.15) is 5.69 Å². The van der Waals surface area contributed by atoms with Gasteiger partial charge in [-0.15, -0.1) is 0 Å². The highest BCUT2D eigenvalue weighted by molar-refractivity contribution is 5.91. The zero-order valence-electron chi connectivity index (χ0n) is 23.6. The molecule has 1 rings (SSSR count). The molecule has 0 fully saturated rings. The van der Waals surface area contributed by atoms with Crippen LogP contribution in [0.15, 0.2) is 12.1 Å². The highest BCUT2D eigenvalue weighted by atomic mass is 16.4. The number of carboxylic acids is 1. The summed E-state index contributed by atoms with van der Waals surface area (Å²) in [5.74, 6) is -1.05. The molecule has 0 amide bonds. The standard InChI is InChI=1S/C32H57NO2/c1-4-6-8-10-12-14-16-18-20-22-24-28-26-27-30(32(34)35)31(33-3)29(28)25-23-21-19-17-15-13-11-9-7-5-2/h26-27,33H,4-25H2,1-3H3,(H,34,35). The van der Waals surface area contributed by atoms with E-state index in [4.69, 9.17) is 0 Å². The number of hydrogen-bond donors (Lipinski definition) is 1. The van der Waals surface area contributed by atoms with Gasteiger partial charge in [-0.25, -0.2) is 0 Å². The molecule has 1 aromatic rings. The molecule has 0 unspecified atom stereocenters. The van der Waals surface area contributed by atoms with Gasteiger partial charge in [-0.05, 0) is 37.3 Å². The molecule has 0 saturated carbocycles. The Labute approximate surface area is 217 Å². The van der Waals surface area contributed by atoms with E-state index >= 15 is 0 Å². The number of unbranched alkanes of at least 4 members (excludes halogenated alkanes) is 18. The Bertz CT molecular complexity index is 655. The fourth-order valence-corrected chi connectivity index (χ4v) is 5.34. The molecular formula is C32H57NO2. The van der Waals surface area contributed by atoms with Gasteiger partial charge in [-0.3, -0.25) is 0 Å². The first-order chi connectivity index (χ1) is 17.2. The number of quaternary nitrogens is 1. The number of hydrogen-bond acceptors (Lipinski definition) is 2. The molecule has 0 saturated heterocycles. The summed E-state index contributed by atoms with van der Waals surface area (Å²) >= 11 is 0. The highest BCUT2D eigenvalue weighted by Crippen LogP contribution is 2.25. The molecular weight excluding hydrogens is 430 g/mol. The summed E-state index contributed by atoms with van der Waals surface area (Å²) in [6, 6.07) is 3.84. The average Bonchev–Trinajstić information content (AvgIpc) is 2.86. The Kier molecular flexibility index (Phi) is 19.8. The third-order valence-electron chi connectivity index (χ3n) is 7.54. The van der Waals surface area contributed by atoms with Crippen molar-refractivity contribution in [1.82, 2.24) is 0 Å². The second-order valence-corrected chi connectivity index (χ2v) is 10.6. The van der Waals surface area contributed by atoms with Gasteiger partial charge in [-0.2, -0.15) is 0 Å². The number of aryl methyl sites for hydroxylation is 1. The minimum atomic E-state index is -1.05. The summed E-state index contributed by atoms with van der Waals surface area (Å²) < 4.78 is 0. The molecule has 0 aliphatic carbocycles. The molecule has 0 atom stereocenters. The van der Waals surface area contributed by atoms with Crippen molar-refractivity contribution in [3.8, 4) is 0 Å². The number of carboxylic acid groups (broad SMARTS) is 1. The molecule has 3 heteroatoms. The van der Waals surface area contributed by atoms with Crippen LogP contribution < -0.4 is 10.4 Å². The summed E-state index contributed by atoms with van der Waals surface area (Å²) in [4.78, 5) is 11.7. The van der Waals surface area contributed by atoms with Crippen molar-refractivity contribution in [1.29, 1.82) is 0 Å². The van der Waals surface area contributed by atoms with E-state index in [1.807, 2.05) is 12.4 Å². The zero-order valence-corrected chi connectivity index (χ0v) is 23.6. The Morgan fingerprint density at radius 1 is 0.629 bits per heavy atom. The number of carbonyl (C=O) groups is 1. The molecule has 0 heterocycles. The van der Waals surface area contributed by atoms with Crippen LogP contribution in [0.4, 0.5) is 5.69 Å². The van der Waals surface area contributed by atoms with Gasteiger partial charge >= 0.3 is 0 Å². The van der Waals surface area contributed by atoms with Crippen LogP contribution >= 0.6 is 0 Å². The largest absolute Gasteiger partial charge is 0.545 e. The second-order valence-electron chi connectivity index (χ2n) is 10.6. The molecule has 35 heavy (non-hydrogen) atoms. The van der Waals surface area contributed by atoms with Gasteiger partial charge in [0.2, 0.25) is 0 Å². The van der Waals surface area contributed by atoms with Crippen LogP contribution in [-0.4, -0.2) is 13.0 Å². The van der Waals surface area contributed by atoms with Crippen molar-refractivity contribution >= 4 is 11.7 Å². The zero-order chi connectivity index (χ0) is 25.6. The molecule has 0 radical (unpaired) electrons. The van der Waals surface area contributed by atoms with Gasteiger partial charge in [0.25, 0.3) is 0 Å². The lowest BCUT2D eigenvalue weighted by molar-refractivity contribution is -0.540.